The molecule has 8 heteroatoms. The van der Waals surface area contributed by atoms with E-state index < -0.39 is 0 Å². The topological polar surface area (TPSA) is 70.2 Å². The Labute approximate surface area is 172 Å². The summed E-state index contributed by atoms with van der Waals surface area (Å²) in [6, 6.07) is 7.52. The summed E-state index contributed by atoms with van der Waals surface area (Å²) in [6.45, 7) is 5.13. The summed E-state index contributed by atoms with van der Waals surface area (Å²) in [7, 11) is 0. The molecule has 2 amide bonds. The monoisotopic (exact) mass is 413 g/mol. The third-order valence-electron chi connectivity index (χ3n) is 4.57. The molecule has 146 valence electrons. The van der Waals surface area contributed by atoms with Gasteiger partial charge in [0.1, 0.15) is 16.6 Å². The van der Waals surface area contributed by atoms with Crippen LogP contribution in [0.25, 0.3) is 9.88 Å². The third-order valence-corrected chi connectivity index (χ3v) is 6.63. The molecular formula is C20H23N5OS2. The normalized spacial score (nSPS) is 14.8. The minimum absolute atomic E-state index is 0.332. The number of pyridine rings is 1. The van der Waals surface area contributed by atoms with Crippen LogP contribution in [0.5, 0.6) is 0 Å². The number of piperidine rings is 1. The number of aryl methyl sites for hydroxylation is 1. The molecule has 0 atom stereocenters. The van der Waals surface area contributed by atoms with E-state index in [4.69, 9.17) is 0 Å². The Morgan fingerprint density at radius 1 is 1.07 bits per heavy atom. The van der Waals surface area contributed by atoms with Crippen LogP contribution >= 0.6 is 22.7 Å². The van der Waals surface area contributed by atoms with Gasteiger partial charge in [0.15, 0.2) is 0 Å². The minimum Gasteiger partial charge on any atom is -0.298 e. The first-order valence-electron chi connectivity index (χ1n) is 9.43. The summed E-state index contributed by atoms with van der Waals surface area (Å²) in [5, 5.41) is 10.5. The van der Waals surface area contributed by atoms with Gasteiger partial charge >= 0.3 is 6.03 Å². The van der Waals surface area contributed by atoms with Crippen molar-refractivity contribution in [2.24, 2.45) is 0 Å². The maximum Gasteiger partial charge on any atom is 0.326 e. The van der Waals surface area contributed by atoms with Gasteiger partial charge in [-0.1, -0.05) is 12.5 Å². The molecule has 3 aromatic rings. The largest absolute Gasteiger partial charge is 0.326 e. The van der Waals surface area contributed by atoms with Crippen molar-refractivity contribution < 1.29 is 4.79 Å². The zero-order chi connectivity index (χ0) is 19.3. The number of rotatable bonds is 5. The molecule has 28 heavy (non-hydrogen) atoms. The number of thiophene rings is 1. The maximum atomic E-state index is 12.3. The van der Waals surface area contributed by atoms with Crippen LogP contribution in [-0.4, -0.2) is 34.0 Å². The number of carbonyl (C=O) groups is 1. The van der Waals surface area contributed by atoms with E-state index in [1.807, 2.05) is 17.5 Å². The number of thiazole rings is 1. The summed E-state index contributed by atoms with van der Waals surface area (Å²) in [6.07, 6.45) is 3.82. The van der Waals surface area contributed by atoms with E-state index in [0.717, 1.165) is 35.2 Å². The number of anilines is 2. The number of hydrogen-bond acceptors (Lipinski definition) is 6. The maximum absolute atomic E-state index is 12.3. The first-order chi connectivity index (χ1) is 13.7. The van der Waals surface area contributed by atoms with Crippen LogP contribution in [0, 0.1) is 6.92 Å². The van der Waals surface area contributed by atoms with Crippen molar-refractivity contribution in [3.8, 4) is 9.88 Å². The average Bonchev–Trinajstić information content (AvgIpc) is 3.32. The number of amides is 2. The molecule has 0 aliphatic carbocycles. The van der Waals surface area contributed by atoms with Crippen LogP contribution in [0.2, 0.25) is 0 Å². The van der Waals surface area contributed by atoms with Gasteiger partial charge in [0, 0.05) is 11.9 Å². The third kappa shape index (κ3) is 4.95. The Bertz CT molecular complexity index is 945. The lowest BCUT2D eigenvalue weighted by Gasteiger charge is -2.26. The lowest BCUT2D eigenvalue weighted by atomic mass is 10.1. The minimum atomic E-state index is -0.332. The van der Waals surface area contributed by atoms with Gasteiger partial charge < -0.3 is 0 Å². The lowest BCUT2D eigenvalue weighted by Crippen LogP contribution is -2.29. The Morgan fingerprint density at radius 3 is 2.68 bits per heavy atom. The highest BCUT2D eigenvalue weighted by Gasteiger charge is 2.13. The molecule has 0 radical (unpaired) electrons. The number of urea groups is 1. The number of hydrogen-bond donors (Lipinski definition) is 2. The predicted octanol–water partition coefficient (Wildman–Crippen LogP) is 5.20. The van der Waals surface area contributed by atoms with Crippen molar-refractivity contribution >= 4 is 40.3 Å². The van der Waals surface area contributed by atoms with Crippen LogP contribution in [0.1, 0.15) is 30.5 Å². The zero-order valence-electron chi connectivity index (χ0n) is 15.8. The fourth-order valence-electron chi connectivity index (χ4n) is 3.24. The molecule has 0 unspecified atom stereocenters. The van der Waals surface area contributed by atoms with Gasteiger partial charge in [-0.15, -0.1) is 22.7 Å². The first-order valence-corrected chi connectivity index (χ1v) is 11.2. The van der Waals surface area contributed by atoms with E-state index in [9.17, 15) is 4.79 Å². The Balaban J connectivity index is 1.35. The summed E-state index contributed by atoms with van der Waals surface area (Å²) in [5.74, 6) is 1.10. The molecule has 0 saturated carbocycles. The van der Waals surface area contributed by atoms with Crippen molar-refractivity contribution in [2.45, 2.75) is 32.7 Å². The van der Waals surface area contributed by atoms with Crippen molar-refractivity contribution in [2.75, 3.05) is 23.7 Å². The van der Waals surface area contributed by atoms with E-state index in [1.54, 1.807) is 17.4 Å². The van der Waals surface area contributed by atoms with Gasteiger partial charge in [0.25, 0.3) is 0 Å². The highest BCUT2D eigenvalue weighted by atomic mass is 32.1. The van der Waals surface area contributed by atoms with Crippen LogP contribution in [0.4, 0.5) is 16.4 Å². The van der Waals surface area contributed by atoms with Gasteiger partial charge in [-0.2, -0.15) is 0 Å². The molecule has 0 bridgehead atoms. The number of aromatic nitrogens is 2. The Hall–Kier alpha value is -2.29. The molecule has 4 heterocycles. The SMILES string of the molecule is Cc1csc(-c2nc(NC(=O)Nc3cccc(CN4CCCCC4)n3)cs2)c1. The summed E-state index contributed by atoms with van der Waals surface area (Å²) in [4.78, 5) is 24.9. The van der Waals surface area contributed by atoms with E-state index in [0.29, 0.717) is 11.6 Å². The molecule has 0 spiro atoms. The summed E-state index contributed by atoms with van der Waals surface area (Å²) < 4.78 is 0. The Kier molecular flexibility index (Phi) is 5.99. The molecule has 6 nitrogen and oxygen atoms in total. The van der Waals surface area contributed by atoms with Gasteiger partial charge in [-0.3, -0.25) is 15.5 Å². The van der Waals surface area contributed by atoms with E-state index in [1.165, 1.54) is 36.2 Å². The van der Waals surface area contributed by atoms with E-state index in [2.05, 4.69) is 43.9 Å². The summed E-state index contributed by atoms with van der Waals surface area (Å²) in [5.41, 5.74) is 2.20. The van der Waals surface area contributed by atoms with Gasteiger partial charge in [0.2, 0.25) is 0 Å². The van der Waals surface area contributed by atoms with Gasteiger partial charge in [-0.25, -0.2) is 14.8 Å². The van der Waals surface area contributed by atoms with Crippen LogP contribution < -0.4 is 10.6 Å². The second kappa shape index (κ2) is 8.81. The number of nitrogens with one attached hydrogen (secondary N) is 2. The zero-order valence-corrected chi connectivity index (χ0v) is 17.4. The highest BCUT2D eigenvalue weighted by Crippen LogP contribution is 2.31. The highest BCUT2D eigenvalue weighted by molar-refractivity contribution is 7.20. The van der Waals surface area contributed by atoms with Crippen molar-refractivity contribution in [1.82, 2.24) is 14.9 Å². The molecule has 1 saturated heterocycles. The smallest absolute Gasteiger partial charge is 0.298 e. The van der Waals surface area contributed by atoms with Crippen molar-refractivity contribution in [3.63, 3.8) is 0 Å². The molecule has 2 N–H and O–H groups in total. The molecule has 3 aromatic heterocycles. The van der Waals surface area contributed by atoms with Crippen LogP contribution in [-0.2, 0) is 6.54 Å². The molecule has 1 aliphatic heterocycles. The van der Waals surface area contributed by atoms with Gasteiger partial charge in [-0.05, 0) is 62.0 Å². The lowest BCUT2D eigenvalue weighted by molar-refractivity contribution is 0.218. The second-order valence-corrected chi connectivity index (χ2v) is 8.73. The Morgan fingerprint density at radius 2 is 1.89 bits per heavy atom. The molecular weight excluding hydrogens is 390 g/mol. The number of nitrogens with zero attached hydrogens (tertiary/aromatic N) is 3. The first kappa shape index (κ1) is 19.0. The quantitative estimate of drug-likeness (QED) is 0.603. The van der Waals surface area contributed by atoms with E-state index in [-0.39, 0.29) is 6.03 Å². The number of carbonyl (C=O) groups excluding carboxylic acids is 1. The van der Waals surface area contributed by atoms with Crippen LogP contribution in [0.3, 0.4) is 0 Å². The molecule has 4 rings (SSSR count). The fourth-order valence-corrected chi connectivity index (χ4v) is 4.97. The molecule has 1 aliphatic rings. The van der Waals surface area contributed by atoms with Crippen molar-refractivity contribution in [3.05, 3.63) is 46.3 Å². The predicted molar refractivity (Wildman–Crippen MR) is 116 cm³/mol. The second-order valence-electron chi connectivity index (χ2n) is 6.96. The van der Waals surface area contributed by atoms with Gasteiger partial charge in [0.05, 0.1) is 10.6 Å². The fraction of sp³-hybridized carbons (Fsp3) is 0.350. The molecule has 1 fully saturated rings. The summed E-state index contributed by atoms with van der Waals surface area (Å²) >= 11 is 3.18. The van der Waals surface area contributed by atoms with Crippen molar-refractivity contribution in [1.29, 1.82) is 0 Å². The average molecular weight is 414 g/mol. The number of likely N-dealkylation sites (tertiary alicyclic amines) is 1. The van der Waals surface area contributed by atoms with Crippen LogP contribution in [0.15, 0.2) is 35.0 Å². The standard InChI is InChI=1S/C20H23N5OS2/c1-14-10-16(27-12-14)19-22-18(13-28-19)24-20(26)23-17-7-5-6-15(21-17)11-25-8-3-2-4-9-25/h5-7,10,12-13H,2-4,8-9,11H2,1H3,(H2,21,23,24,26). The van der Waals surface area contributed by atoms with E-state index >= 15 is 0 Å². The molecule has 0 aromatic carbocycles.